The zero-order valence-corrected chi connectivity index (χ0v) is 20.7. The standard InChI is InChI=1S/C19H23BrCl2N4O3S/c1-3-25-11-14(20)17(23-25)12-24(2)19(27)13-9-18(16(22)10-15(13)21)30(28,29)26-7-5-4-6-8-26/h9-11H,3-8,12H2,1-2H3. The van der Waals surface area contributed by atoms with Crippen molar-refractivity contribution in [2.45, 2.75) is 44.2 Å². The third kappa shape index (κ3) is 4.85. The molecule has 0 spiro atoms. The van der Waals surface area contributed by atoms with Gasteiger partial charge in [-0.1, -0.05) is 29.6 Å². The lowest BCUT2D eigenvalue weighted by molar-refractivity contribution is 0.0783. The lowest BCUT2D eigenvalue weighted by Gasteiger charge is -2.26. The van der Waals surface area contributed by atoms with E-state index in [1.54, 1.807) is 11.7 Å². The fourth-order valence-corrected chi connectivity index (χ4v) is 6.13. The summed E-state index contributed by atoms with van der Waals surface area (Å²) in [4.78, 5) is 14.4. The Balaban J connectivity index is 1.90. The van der Waals surface area contributed by atoms with Crippen molar-refractivity contribution in [1.29, 1.82) is 0 Å². The number of nitrogens with zero attached hydrogens (tertiary/aromatic N) is 4. The summed E-state index contributed by atoms with van der Waals surface area (Å²) in [6.45, 7) is 3.80. The van der Waals surface area contributed by atoms with E-state index in [4.69, 9.17) is 23.2 Å². The summed E-state index contributed by atoms with van der Waals surface area (Å²) in [5, 5.41) is 4.53. The number of amides is 1. The fourth-order valence-electron chi connectivity index (χ4n) is 3.34. The molecule has 0 aliphatic carbocycles. The molecule has 2 heterocycles. The zero-order valence-electron chi connectivity index (χ0n) is 16.7. The first kappa shape index (κ1) is 23.5. The number of halogens is 3. The van der Waals surface area contributed by atoms with Crippen LogP contribution >= 0.6 is 39.1 Å². The van der Waals surface area contributed by atoms with Crippen LogP contribution in [0.1, 0.15) is 42.2 Å². The fraction of sp³-hybridized carbons (Fsp3) is 0.474. The van der Waals surface area contributed by atoms with Crippen molar-refractivity contribution in [1.82, 2.24) is 19.0 Å². The minimum Gasteiger partial charge on any atom is -0.336 e. The van der Waals surface area contributed by atoms with Crippen molar-refractivity contribution in [3.63, 3.8) is 0 Å². The van der Waals surface area contributed by atoms with Gasteiger partial charge < -0.3 is 4.90 Å². The van der Waals surface area contributed by atoms with Gasteiger partial charge in [-0.25, -0.2) is 8.42 Å². The number of hydrogen-bond acceptors (Lipinski definition) is 4. The van der Waals surface area contributed by atoms with E-state index >= 15 is 0 Å². The van der Waals surface area contributed by atoms with Crippen molar-refractivity contribution < 1.29 is 13.2 Å². The Hall–Kier alpha value is -1.13. The molecule has 0 N–H and O–H groups in total. The van der Waals surface area contributed by atoms with E-state index in [2.05, 4.69) is 21.0 Å². The molecule has 1 saturated heterocycles. The van der Waals surface area contributed by atoms with Gasteiger partial charge in [-0.15, -0.1) is 0 Å². The number of piperidine rings is 1. The van der Waals surface area contributed by atoms with Gasteiger partial charge in [-0.3, -0.25) is 9.48 Å². The molecule has 0 bridgehead atoms. The van der Waals surface area contributed by atoms with Gasteiger partial charge in [0.2, 0.25) is 10.0 Å². The van der Waals surface area contributed by atoms with E-state index in [0.29, 0.717) is 25.3 Å². The molecule has 3 rings (SSSR count). The summed E-state index contributed by atoms with van der Waals surface area (Å²) in [5.41, 5.74) is 0.782. The molecule has 0 radical (unpaired) electrons. The molecular formula is C19H23BrCl2N4O3S. The number of rotatable bonds is 6. The molecule has 0 unspecified atom stereocenters. The number of carbonyl (C=O) groups is 1. The SMILES string of the molecule is CCn1cc(Br)c(CN(C)C(=O)c2cc(S(=O)(=O)N3CCCCC3)c(Cl)cc2Cl)n1. The number of benzene rings is 1. The minimum atomic E-state index is -3.81. The summed E-state index contributed by atoms with van der Waals surface area (Å²) in [5.74, 6) is -0.412. The second kappa shape index (κ2) is 9.56. The second-order valence-electron chi connectivity index (χ2n) is 7.17. The van der Waals surface area contributed by atoms with Crippen LogP contribution in [-0.2, 0) is 23.1 Å². The summed E-state index contributed by atoms with van der Waals surface area (Å²) in [6.07, 6.45) is 4.45. The predicted molar refractivity (Wildman–Crippen MR) is 120 cm³/mol. The number of sulfonamides is 1. The van der Waals surface area contributed by atoms with E-state index in [1.807, 2.05) is 13.1 Å². The van der Waals surface area contributed by atoms with Gasteiger partial charge in [-0.05, 0) is 47.8 Å². The highest BCUT2D eigenvalue weighted by Gasteiger charge is 2.30. The molecule has 1 aromatic heterocycles. The monoisotopic (exact) mass is 536 g/mol. The molecule has 1 amide bonds. The number of carbonyl (C=O) groups excluding carboxylic acids is 1. The molecular weight excluding hydrogens is 515 g/mol. The summed E-state index contributed by atoms with van der Waals surface area (Å²) in [7, 11) is -2.19. The molecule has 1 aromatic carbocycles. The first-order valence-corrected chi connectivity index (χ1v) is 12.6. The van der Waals surface area contributed by atoms with Crippen LogP contribution in [0.5, 0.6) is 0 Å². The van der Waals surface area contributed by atoms with Crippen molar-refractivity contribution in [2.75, 3.05) is 20.1 Å². The largest absolute Gasteiger partial charge is 0.336 e. The maximum absolute atomic E-state index is 13.1. The molecule has 1 fully saturated rings. The first-order valence-electron chi connectivity index (χ1n) is 9.61. The molecule has 2 aromatic rings. The summed E-state index contributed by atoms with van der Waals surface area (Å²) >= 11 is 15.9. The Morgan fingerprint density at radius 1 is 1.20 bits per heavy atom. The predicted octanol–water partition coefficient (Wildman–Crippen LogP) is 4.42. The van der Waals surface area contributed by atoms with Gasteiger partial charge in [-0.2, -0.15) is 9.40 Å². The van der Waals surface area contributed by atoms with Gasteiger partial charge in [0.15, 0.2) is 0 Å². The van der Waals surface area contributed by atoms with Crippen LogP contribution in [0.25, 0.3) is 0 Å². The van der Waals surface area contributed by atoms with Crippen molar-refractivity contribution >= 4 is 55.1 Å². The van der Waals surface area contributed by atoms with E-state index in [0.717, 1.165) is 23.7 Å². The summed E-state index contributed by atoms with van der Waals surface area (Å²) in [6, 6.07) is 2.61. The molecule has 164 valence electrons. The zero-order chi connectivity index (χ0) is 22.1. The Morgan fingerprint density at radius 3 is 2.47 bits per heavy atom. The molecule has 0 saturated carbocycles. The molecule has 11 heteroatoms. The highest BCUT2D eigenvalue weighted by atomic mass is 79.9. The van der Waals surface area contributed by atoms with Crippen LogP contribution in [0.15, 0.2) is 27.7 Å². The lowest BCUT2D eigenvalue weighted by Crippen LogP contribution is -2.36. The third-order valence-corrected chi connectivity index (χ3v) is 8.37. The second-order valence-corrected chi connectivity index (χ2v) is 10.7. The number of aromatic nitrogens is 2. The quantitative estimate of drug-likeness (QED) is 0.546. The molecule has 7 nitrogen and oxygen atoms in total. The van der Waals surface area contributed by atoms with Crippen LogP contribution in [0.2, 0.25) is 10.0 Å². The van der Waals surface area contributed by atoms with Crippen molar-refractivity contribution in [2.24, 2.45) is 0 Å². The van der Waals surface area contributed by atoms with Gasteiger partial charge in [0.1, 0.15) is 4.90 Å². The number of aryl methyl sites for hydroxylation is 1. The normalized spacial score (nSPS) is 15.4. The van der Waals surface area contributed by atoms with E-state index < -0.39 is 15.9 Å². The van der Waals surface area contributed by atoms with Crippen LogP contribution in [-0.4, -0.2) is 53.4 Å². The Bertz CT molecular complexity index is 1050. The Morgan fingerprint density at radius 2 is 1.87 bits per heavy atom. The maximum atomic E-state index is 13.1. The third-order valence-electron chi connectivity index (χ3n) is 5.03. The lowest BCUT2D eigenvalue weighted by atomic mass is 10.2. The minimum absolute atomic E-state index is 0.00853. The molecule has 30 heavy (non-hydrogen) atoms. The van der Waals surface area contributed by atoms with Crippen LogP contribution in [0, 0.1) is 0 Å². The van der Waals surface area contributed by atoms with Gasteiger partial charge >= 0.3 is 0 Å². The van der Waals surface area contributed by atoms with Gasteiger partial charge in [0.05, 0.1) is 32.3 Å². The van der Waals surface area contributed by atoms with Crippen molar-refractivity contribution in [3.05, 3.63) is 44.1 Å². The van der Waals surface area contributed by atoms with Crippen molar-refractivity contribution in [3.8, 4) is 0 Å². The first-order chi connectivity index (χ1) is 14.1. The molecule has 1 aliphatic rings. The summed E-state index contributed by atoms with van der Waals surface area (Å²) < 4.78 is 30.1. The maximum Gasteiger partial charge on any atom is 0.255 e. The van der Waals surface area contributed by atoms with E-state index in [1.165, 1.54) is 21.3 Å². The highest BCUT2D eigenvalue weighted by molar-refractivity contribution is 9.10. The van der Waals surface area contributed by atoms with Gasteiger partial charge in [0.25, 0.3) is 5.91 Å². The Labute approximate surface area is 195 Å². The average Bonchev–Trinajstić information content (AvgIpc) is 3.07. The molecule has 0 atom stereocenters. The van der Waals surface area contributed by atoms with Crippen LogP contribution < -0.4 is 0 Å². The highest BCUT2D eigenvalue weighted by Crippen LogP contribution is 2.32. The Kier molecular flexibility index (Phi) is 7.50. The van der Waals surface area contributed by atoms with Crippen LogP contribution in [0.4, 0.5) is 0 Å². The molecule has 1 aliphatic heterocycles. The topological polar surface area (TPSA) is 75.5 Å². The van der Waals surface area contributed by atoms with Gasteiger partial charge in [0, 0.05) is 32.9 Å². The number of hydrogen-bond donors (Lipinski definition) is 0. The smallest absolute Gasteiger partial charge is 0.255 e. The van der Waals surface area contributed by atoms with E-state index in [-0.39, 0.29) is 27.0 Å². The van der Waals surface area contributed by atoms with Crippen LogP contribution in [0.3, 0.4) is 0 Å². The average molecular weight is 538 g/mol. The van der Waals surface area contributed by atoms with E-state index in [9.17, 15) is 13.2 Å².